The van der Waals surface area contributed by atoms with E-state index >= 15 is 0 Å². The lowest BCUT2D eigenvalue weighted by molar-refractivity contribution is 0.0318. The number of carbonyl (C=O) groups is 2. The van der Waals surface area contributed by atoms with Gasteiger partial charge in [-0.1, -0.05) is 18.2 Å². The zero-order valence-electron chi connectivity index (χ0n) is 14.7. The second-order valence-electron chi connectivity index (χ2n) is 6.55. The minimum absolute atomic E-state index is 0.0320. The summed E-state index contributed by atoms with van der Waals surface area (Å²) >= 11 is 0. The quantitative estimate of drug-likeness (QED) is 0.596. The van der Waals surface area contributed by atoms with Gasteiger partial charge in [0.05, 0.1) is 10.5 Å². The van der Waals surface area contributed by atoms with E-state index in [1.54, 1.807) is 6.07 Å². The fourth-order valence-corrected chi connectivity index (χ4v) is 3.76. The molecule has 136 valence electrons. The Hall–Kier alpha value is -2.47. The standard InChI is InChI=1S/C20H20O5S/c1-13(19(21)16-10-9-14-5-3-6-15(14)11-16)25-20(22)17-7-4-8-18(12-17)26(2,23)24/h4,7-13H,3,5-6H2,1-2H3. The number of ketones is 1. The lowest BCUT2D eigenvalue weighted by atomic mass is 10.0. The molecular formula is C20H20O5S. The van der Waals surface area contributed by atoms with Gasteiger partial charge in [0.25, 0.3) is 0 Å². The third kappa shape index (κ3) is 3.85. The topological polar surface area (TPSA) is 77.5 Å². The van der Waals surface area contributed by atoms with E-state index in [0.29, 0.717) is 5.56 Å². The highest BCUT2D eigenvalue weighted by Crippen LogP contribution is 2.24. The minimum Gasteiger partial charge on any atom is -0.451 e. The van der Waals surface area contributed by atoms with Gasteiger partial charge in [-0.2, -0.15) is 0 Å². The van der Waals surface area contributed by atoms with Crippen molar-refractivity contribution in [2.24, 2.45) is 0 Å². The predicted octanol–water partition coefficient (Wildman–Crippen LogP) is 3.01. The Balaban J connectivity index is 1.74. The van der Waals surface area contributed by atoms with Gasteiger partial charge in [0.2, 0.25) is 5.78 Å². The molecule has 0 bridgehead atoms. The van der Waals surface area contributed by atoms with Crippen LogP contribution < -0.4 is 0 Å². The van der Waals surface area contributed by atoms with Crippen molar-refractivity contribution in [3.05, 3.63) is 64.7 Å². The summed E-state index contributed by atoms with van der Waals surface area (Å²) in [5.41, 5.74) is 3.07. The maximum Gasteiger partial charge on any atom is 0.338 e. The SMILES string of the molecule is CC(OC(=O)c1cccc(S(C)(=O)=O)c1)C(=O)c1ccc2c(c1)CCC2. The number of sulfone groups is 1. The van der Waals surface area contributed by atoms with Crippen LogP contribution in [0, 0.1) is 0 Å². The first-order valence-corrected chi connectivity index (χ1v) is 10.3. The van der Waals surface area contributed by atoms with Crippen LogP contribution in [0.4, 0.5) is 0 Å². The minimum atomic E-state index is -3.43. The smallest absolute Gasteiger partial charge is 0.338 e. The Morgan fingerprint density at radius 2 is 1.73 bits per heavy atom. The molecule has 1 aliphatic rings. The maximum atomic E-state index is 12.6. The van der Waals surface area contributed by atoms with Gasteiger partial charge in [-0.25, -0.2) is 13.2 Å². The lowest BCUT2D eigenvalue weighted by Gasteiger charge is -2.13. The van der Waals surface area contributed by atoms with Crippen molar-refractivity contribution >= 4 is 21.6 Å². The molecule has 1 unspecified atom stereocenters. The Morgan fingerprint density at radius 1 is 1.00 bits per heavy atom. The van der Waals surface area contributed by atoms with Crippen molar-refractivity contribution in [1.29, 1.82) is 0 Å². The van der Waals surface area contributed by atoms with E-state index < -0.39 is 21.9 Å². The van der Waals surface area contributed by atoms with Crippen LogP contribution in [0.2, 0.25) is 0 Å². The molecular weight excluding hydrogens is 352 g/mol. The highest BCUT2D eigenvalue weighted by molar-refractivity contribution is 7.90. The molecule has 0 N–H and O–H groups in total. The number of ether oxygens (including phenoxy) is 1. The van der Waals surface area contributed by atoms with E-state index in [1.165, 1.54) is 42.3 Å². The van der Waals surface area contributed by atoms with Gasteiger partial charge in [0, 0.05) is 11.8 Å². The first kappa shape index (κ1) is 18.3. The van der Waals surface area contributed by atoms with Gasteiger partial charge < -0.3 is 4.74 Å². The summed E-state index contributed by atoms with van der Waals surface area (Å²) in [6.45, 7) is 1.52. The van der Waals surface area contributed by atoms with E-state index in [0.717, 1.165) is 25.5 Å². The molecule has 2 aromatic rings. The summed E-state index contributed by atoms with van der Waals surface area (Å²) in [6, 6.07) is 11.2. The Morgan fingerprint density at radius 3 is 2.46 bits per heavy atom. The van der Waals surface area contributed by atoms with E-state index in [9.17, 15) is 18.0 Å². The van der Waals surface area contributed by atoms with Crippen LogP contribution in [0.1, 0.15) is 45.2 Å². The molecule has 0 aromatic heterocycles. The fraction of sp³-hybridized carbons (Fsp3) is 0.300. The highest BCUT2D eigenvalue weighted by Gasteiger charge is 2.22. The zero-order chi connectivity index (χ0) is 18.9. The second-order valence-corrected chi connectivity index (χ2v) is 8.56. The molecule has 26 heavy (non-hydrogen) atoms. The number of benzene rings is 2. The molecule has 0 fully saturated rings. The van der Waals surface area contributed by atoms with Crippen molar-refractivity contribution in [3.8, 4) is 0 Å². The molecule has 1 atom stereocenters. The van der Waals surface area contributed by atoms with Crippen molar-refractivity contribution in [3.63, 3.8) is 0 Å². The van der Waals surface area contributed by atoms with E-state index in [1.807, 2.05) is 12.1 Å². The normalized spacial score (nSPS) is 14.5. The molecule has 0 saturated carbocycles. The molecule has 0 saturated heterocycles. The number of esters is 1. The summed E-state index contributed by atoms with van der Waals surface area (Å²) in [5.74, 6) is -0.996. The van der Waals surface area contributed by atoms with Gasteiger partial charge >= 0.3 is 5.97 Å². The number of fused-ring (bicyclic) bond motifs is 1. The molecule has 0 radical (unpaired) electrons. The van der Waals surface area contributed by atoms with Crippen LogP contribution in [0.5, 0.6) is 0 Å². The van der Waals surface area contributed by atoms with Gasteiger partial charge in [-0.15, -0.1) is 0 Å². The Kier molecular flexibility index (Phi) is 4.96. The fourth-order valence-electron chi connectivity index (χ4n) is 3.10. The van der Waals surface area contributed by atoms with Crippen LogP contribution in [-0.4, -0.2) is 32.5 Å². The summed E-state index contributed by atoms with van der Waals surface area (Å²) in [4.78, 5) is 24.9. The summed E-state index contributed by atoms with van der Waals surface area (Å²) in [7, 11) is -3.43. The van der Waals surface area contributed by atoms with Crippen LogP contribution >= 0.6 is 0 Å². The number of carbonyl (C=O) groups excluding carboxylic acids is 2. The Bertz CT molecular complexity index is 975. The van der Waals surface area contributed by atoms with Gasteiger partial charge in [0.15, 0.2) is 15.9 Å². The van der Waals surface area contributed by atoms with Crippen molar-refractivity contribution in [1.82, 2.24) is 0 Å². The van der Waals surface area contributed by atoms with Crippen LogP contribution in [-0.2, 0) is 27.4 Å². The molecule has 3 rings (SSSR count). The van der Waals surface area contributed by atoms with E-state index in [4.69, 9.17) is 4.74 Å². The predicted molar refractivity (Wildman–Crippen MR) is 97.2 cm³/mol. The number of Topliss-reactive ketones (excluding diaryl/α,β-unsaturated/α-hetero) is 1. The lowest BCUT2D eigenvalue weighted by Crippen LogP contribution is -2.24. The van der Waals surface area contributed by atoms with Crippen LogP contribution in [0.3, 0.4) is 0 Å². The first-order chi connectivity index (χ1) is 12.3. The van der Waals surface area contributed by atoms with Crippen molar-refractivity contribution < 1.29 is 22.7 Å². The molecule has 0 amide bonds. The molecule has 1 aliphatic carbocycles. The average molecular weight is 372 g/mol. The van der Waals surface area contributed by atoms with Crippen LogP contribution in [0.25, 0.3) is 0 Å². The van der Waals surface area contributed by atoms with E-state index in [2.05, 4.69) is 0 Å². The van der Waals surface area contributed by atoms with Gasteiger partial charge in [0.1, 0.15) is 0 Å². The third-order valence-corrected chi connectivity index (χ3v) is 5.64. The largest absolute Gasteiger partial charge is 0.451 e. The van der Waals surface area contributed by atoms with Gasteiger partial charge in [-0.3, -0.25) is 4.79 Å². The highest BCUT2D eigenvalue weighted by atomic mass is 32.2. The monoisotopic (exact) mass is 372 g/mol. The van der Waals surface area contributed by atoms with Crippen LogP contribution in [0.15, 0.2) is 47.4 Å². The molecule has 0 heterocycles. The molecule has 5 nitrogen and oxygen atoms in total. The van der Waals surface area contributed by atoms with Crippen molar-refractivity contribution in [2.45, 2.75) is 37.2 Å². The molecule has 6 heteroatoms. The summed E-state index contributed by atoms with van der Waals surface area (Å²) < 4.78 is 28.5. The molecule has 2 aromatic carbocycles. The zero-order valence-corrected chi connectivity index (χ0v) is 15.5. The third-order valence-electron chi connectivity index (χ3n) is 4.53. The number of aryl methyl sites for hydroxylation is 2. The van der Waals surface area contributed by atoms with Crippen molar-refractivity contribution in [2.75, 3.05) is 6.26 Å². The number of rotatable bonds is 5. The number of hydrogen-bond donors (Lipinski definition) is 0. The average Bonchev–Trinajstić information content (AvgIpc) is 3.08. The number of hydrogen-bond acceptors (Lipinski definition) is 5. The van der Waals surface area contributed by atoms with Gasteiger partial charge in [-0.05, 0) is 61.6 Å². The first-order valence-electron chi connectivity index (χ1n) is 8.43. The van der Waals surface area contributed by atoms with E-state index in [-0.39, 0.29) is 16.2 Å². The second kappa shape index (κ2) is 7.03. The summed E-state index contributed by atoms with van der Waals surface area (Å²) in [6.07, 6.45) is 3.20. The summed E-state index contributed by atoms with van der Waals surface area (Å²) in [5, 5.41) is 0. The Labute approximate surface area is 152 Å². The maximum absolute atomic E-state index is 12.6. The molecule has 0 spiro atoms. The molecule has 0 aliphatic heterocycles.